The first kappa shape index (κ1) is 23.4. The zero-order chi connectivity index (χ0) is 18.5. The van der Waals surface area contributed by atoms with Crippen LogP contribution in [0, 0.1) is 0 Å². The number of fused-ring (bicyclic) bond motifs is 2. The van der Waals surface area contributed by atoms with Crippen molar-refractivity contribution < 1.29 is 57.5 Å². The molecule has 2 heterocycles. The van der Waals surface area contributed by atoms with E-state index in [1.807, 2.05) is 36.4 Å². The maximum Gasteiger partial charge on any atom is 1.00 e. The van der Waals surface area contributed by atoms with Gasteiger partial charge in [0.2, 0.25) is 0 Å². The molecule has 0 aliphatic carbocycles. The third-order valence-electron chi connectivity index (χ3n) is 3.62. The number of carboxylic acids is 2. The monoisotopic (exact) mass is 358 g/mol. The number of benzene rings is 2. The molecule has 6 nitrogen and oxygen atoms in total. The Balaban J connectivity index is 0.000000261. The molecule has 0 radical (unpaired) electrons. The van der Waals surface area contributed by atoms with Crippen LogP contribution >= 0.6 is 0 Å². The van der Waals surface area contributed by atoms with E-state index in [2.05, 4.69) is 9.97 Å². The van der Waals surface area contributed by atoms with Gasteiger partial charge in [-0.05, 0) is 24.3 Å². The molecule has 0 aliphatic rings. The first-order chi connectivity index (χ1) is 12.5. The van der Waals surface area contributed by atoms with Crippen molar-refractivity contribution in [2.45, 2.75) is 0 Å². The maximum absolute atomic E-state index is 10.5. The van der Waals surface area contributed by atoms with Gasteiger partial charge in [0.05, 0.1) is 34.4 Å². The molecule has 4 rings (SSSR count). The third kappa shape index (κ3) is 5.69. The summed E-state index contributed by atoms with van der Waals surface area (Å²) in [5.41, 5.74) is 1.28. The Kier molecular flexibility index (Phi) is 8.92. The Morgan fingerprint density at radius 3 is 1.29 bits per heavy atom. The van der Waals surface area contributed by atoms with Gasteiger partial charge < -0.3 is 19.8 Å². The number of carbonyl (C=O) groups is 2. The van der Waals surface area contributed by atoms with Gasteiger partial charge in [-0.1, -0.05) is 48.5 Å². The van der Waals surface area contributed by atoms with Crippen molar-refractivity contribution in [3.8, 4) is 0 Å². The van der Waals surface area contributed by atoms with Crippen molar-refractivity contribution in [3.05, 3.63) is 84.2 Å². The first-order valence-corrected chi connectivity index (χ1v) is 7.69. The van der Waals surface area contributed by atoms with Gasteiger partial charge in [0.1, 0.15) is 0 Å². The van der Waals surface area contributed by atoms with Crippen molar-refractivity contribution in [2.75, 3.05) is 0 Å². The zero-order valence-corrected chi connectivity index (χ0v) is 15.5. The number of hydrogen-bond donors (Lipinski definition) is 0. The molecular weight excluding hydrogens is 346 g/mol. The Morgan fingerprint density at radius 2 is 0.929 bits per heavy atom. The van der Waals surface area contributed by atoms with Crippen LogP contribution in [0.4, 0.5) is 0 Å². The van der Waals surface area contributed by atoms with Gasteiger partial charge in [0.25, 0.3) is 0 Å². The topological polar surface area (TPSA) is 106 Å². The Bertz CT molecular complexity index is 1030. The fraction of sp³-hybridized carbons (Fsp3) is 0. The quantitative estimate of drug-likeness (QED) is 0.333. The molecule has 0 fully saturated rings. The first-order valence-electron chi connectivity index (χ1n) is 7.69. The van der Waals surface area contributed by atoms with E-state index in [0.717, 1.165) is 10.8 Å². The average Bonchev–Trinajstić information content (AvgIpc) is 2.67. The maximum atomic E-state index is 10.5. The summed E-state index contributed by atoms with van der Waals surface area (Å²) >= 11 is 0. The molecule has 0 aliphatic heterocycles. The minimum atomic E-state index is -1.24. The number of aromatic nitrogens is 2. The van der Waals surface area contributed by atoms with Crippen LogP contribution in [-0.4, -0.2) is 21.9 Å². The SMILES string of the molecule is O=C([O-])c1ccc2ccccc2n1.O=C([O-])c1ccc2ccccc2n1.[Li+].[Li+]. The number of nitrogens with zero attached hydrogens (tertiary/aromatic N) is 2. The fourth-order valence-corrected chi connectivity index (χ4v) is 2.36. The van der Waals surface area contributed by atoms with E-state index in [1.54, 1.807) is 24.3 Å². The molecule has 2 aromatic heterocycles. The van der Waals surface area contributed by atoms with Crippen molar-refractivity contribution in [1.82, 2.24) is 9.97 Å². The van der Waals surface area contributed by atoms with Gasteiger partial charge in [0, 0.05) is 10.8 Å². The molecule has 0 saturated heterocycles. The minimum absolute atomic E-state index is 0. The van der Waals surface area contributed by atoms with Gasteiger partial charge in [0.15, 0.2) is 0 Å². The van der Waals surface area contributed by atoms with E-state index in [1.165, 1.54) is 12.1 Å². The zero-order valence-electron chi connectivity index (χ0n) is 15.5. The number of carbonyl (C=O) groups excluding carboxylic acids is 2. The Morgan fingerprint density at radius 1 is 0.571 bits per heavy atom. The van der Waals surface area contributed by atoms with Crippen LogP contribution in [0.3, 0.4) is 0 Å². The molecule has 2 aromatic carbocycles. The number of pyridine rings is 2. The predicted octanol–water partition coefficient (Wildman–Crippen LogP) is -4.80. The second kappa shape index (κ2) is 10.7. The molecule has 0 atom stereocenters. The summed E-state index contributed by atoms with van der Waals surface area (Å²) in [4.78, 5) is 28.8. The summed E-state index contributed by atoms with van der Waals surface area (Å²) in [6.45, 7) is 0. The second-order valence-electron chi connectivity index (χ2n) is 5.35. The van der Waals surface area contributed by atoms with Crippen LogP contribution in [-0.2, 0) is 0 Å². The summed E-state index contributed by atoms with van der Waals surface area (Å²) in [7, 11) is 0. The molecule has 28 heavy (non-hydrogen) atoms. The van der Waals surface area contributed by atoms with E-state index in [-0.39, 0.29) is 49.1 Å². The number of rotatable bonds is 2. The molecule has 0 bridgehead atoms. The summed E-state index contributed by atoms with van der Waals surface area (Å²) in [6.07, 6.45) is 0. The molecule has 0 unspecified atom stereocenters. The van der Waals surface area contributed by atoms with Crippen molar-refractivity contribution in [2.24, 2.45) is 0 Å². The standard InChI is InChI=1S/2C10H7NO2.2Li/c2*12-10(13)9-6-5-7-3-1-2-4-8(7)11-9;;/h2*1-6H,(H,12,13);;/q;;2*+1/p-2. The van der Waals surface area contributed by atoms with Crippen LogP contribution in [0.1, 0.15) is 21.0 Å². The van der Waals surface area contributed by atoms with Gasteiger partial charge >= 0.3 is 37.7 Å². The van der Waals surface area contributed by atoms with Crippen LogP contribution in [0.25, 0.3) is 21.8 Å². The van der Waals surface area contributed by atoms with Crippen LogP contribution in [0.15, 0.2) is 72.8 Å². The molecule has 0 N–H and O–H groups in total. The van der Waals surface area contributed by atoms with Crippen LogP contribution < -0.4 is 47.9 Å². The van der Waals surface area contributed by atoms with E-state index in [0.29, 0.717) is 11.0 Å². The number of para-hydroxylation sites is 2. The molecular formula is C20H12Li2N2O4. The number of carboxylic acid groups (broad SMARTS) is 2. The fourth-order valence-electron chi connectivity index (χ4n) is 2.36. The molecule has 4 aromatic rings. The van der Waals surface area contributed by atoms with E-state index < -0.39 is 11.9 Å². The molecule has 0 spiro atoms. The van der Waals surface area contributed by atoms with E-state index in [9.17, 15) is 19.8 Å². The summed E-state index contributed by atoms with van der Waals surface area (Å²) in [5.74, 6) is -2.49. The summed E-state index contributed by atoms with van der Waals surface area (Å²) in [6, 6.07) is 21.0. The van der Waals surface area contributed by atoms with Gasteiger partial charge in [-0.3, -0.25) is 0 Å². The third-order valence-corrected chi connectivity index (χ3v) is 3.62. The van der Waals surface area contributed by atoms with Gasteiger partial charge in [-0.25, -0.2) is 9.97 Å². The number of aromatic carboxylic acids is 2. The van der Waals surface area contributed by atoms with E-state index >= 15 is 0 Å². The average molecular weight is 358 g/mol. The van der Waals surface area contributed by atoms with Gasteiger partial charge in [-0.15, -0.1) is 0 Å². The summed E-state index contributed by atoms with van der Waals surface area (Å²) in [5, 5.41) is 22.8. The van der Waals surface area contributed by atoms with Crippen molar-refractivity contribution in [1.29, 1.82) is 0 Å². The molecule has 0 saturated carbocycles. The molecule has 8 heteroatoms. The largest absolute Gasteiger partial charge is 1.00 e. The normalized spacial score (nSPS) is 9.43. The van der Waals surface area contributed by atoms with Crippen molar-refractivity contribution in [3.63, 3.8) is 0 Å². The van der Waals surface area contributed by atoms with Crippen LogP contribution in [0.2, 0.25) is 0 Å². The minimum Gasteiger partial charge on any atom is -0.543 e. The number of hydrogen-bond acceptors (Lipinski definition) is 6. The second-order valence-corrected chi connectivity index (χ2v) is 5.35. The van der Waals surface area contributed by atoms with Gasteiger partial charge in [-0.2, -0.15) is 0 Å². The summed E-state index contributed by atoms with van der Waals surface area (Å²) < 4.78 is 0. The predicted molar refractivity (Wildman–Crippen MR) is 92.1 cm³/mol. The van der Waals surface area contributed by atoms with Crippen LogP contribution in [0.5, 0.6) is 0 Å². The van der Waals surface area contributed by atoms with E-state index in [4.69, 9.17) is 0 Å². The Labute approximate surface area is 185 Å². The molecule has 0 amide bonds. The van der Waals surface area contributed by atoms with Crippen molar-refractivity contribution >= 4 is 33.7 Å². The smallest absolute Gasteiger partial charge is 0.543 e. The molecule has 128 valence electrons. The Hall–Kier alpha value is -2.61.